The summed E-state index contributed by atoms with van der Waals surface area (Å²) < 4.78 is 5.08. The molecule has 1 aromatic rings. The maximum Gasteiger partial charge on any atom is 2.00 e. The number of carbonyl (C=O) groups is 3. The van der Waals surface area contributed by atoms with Crippen molar-refractivity contribution in [3.05, 3.63) is 93.0 Å². The number of hydrogen-bond donors (Lipinski definition) is 0. The molecular weight excluding hydrogens is 419 g/mol. The predicted molar refractivity (Wildman–Crippen MR) is 94.4 cm³/mol. The molecule has 0 N–H and O–H groups in total. The molecule has 0 saturated heterocycles. The second-order valence-electron chi connectivity index (χ2n) is 4.82. The Labute approximate surface area is 174 Å². The zero-order chi connectivity index (χ0) is 18.2. The molecule has 0 amide bonds. The molecule has 26 heavy (non-hydrogen) atoms. The summed E-state index contributed by atoms with van der Waals surface area (Å²) in [5.41, 5.74) is 0.0342. The summed E-state index contributed by atoms with van der Waals surface area (Å²) in [4.78, 5) is 34.1. The third-order valence-corrected chi connectivity index (χ3v) is 3.46. The van der Waals surface area contributed by atoms with Crippen LogP contribution in [0.15, 0.2) is 18.2 Å². The third kappa shape index (κ3) is 7.40. The Morgan fingerprint density at radius 1 is 0.692 bits per heavy atom. The summed E-state index contributed by atoms with van der Waals surface area (Å²) in [7, 11) is 0. The maximum atomic E-state index is 11.8. The Morgan fingerprint density at radius 2 is 1.12 bits per heavy atom. The number of esters is 1. The maximum absolute atomic E-state index is 11.8. The number of rotatable bonds is 4. The Balaban J connectivity index is 0.000000486. The van der Waals surface area contributed by atoms with E-state index in [-0.39, 0.29) is 33.9 Å². The molecule has 2 aliphatic carbocycles. The van der Waals surface area contributed by atoms with E-state index >= 15 is 0 Å². The molecule has 10 radical (unpaired) electrons. The van der Waals surface area contributed by atoms with E-state index in [2.05, 4.69) is 0 Å². The van der Waals surface area contributed by atoms with Crippen LogP contribution >= 0.6 is 23.2 Å². The van der Waals surface area contributed by atoms with E-state index < -0.39 is 16.5 Å². The molecule has 2 fully saturated rings. The van der Waals surface area contributed by atoms with Gasteiger partial charge in [0.15, 0.2) is 0 Å². The van der Waals surface area contributed by atoms with Gasteiger partial charge in [-0.05, 0) is 99.2 Å². The van der Waals surface area contributed by atoms with Crippen molar-refractivity contribution in [3.8, 4) is 5.75 Å². The minimum Gasteiger partial charge on any atom is -0.426 e. The van der Waals surface area contributed by atoms with Crippen LogP contribution in [0.4, 0.5) is 0 Å². The van der Waals surface area contributed by atoms with Crippen molar-refractivity contribution in [1.82, 2.24) is 0 Å². The summed E-state index contributed by atoms with van der Waals surface area (Å²) in [5.74, 6) is -0.236. The van der Waals surface area contributed by atoms with Crippen molar-refractivity contribution in [2.24, 2.45) is 0 Å². The van der Waals surface area contributed by atoms with Gasteiger partial charge in [-0.2, -0.15) is 0 Å². The van der Waals surface area contributed by atoms with Crippen molar-refractivity contribution in [2.45, 2.75) is 0 Å². The SMILES string of the molecule is O=C(Oc1cc(C(=O)Cl)cc(C(=O)Cl)c1)[C]1[CH][CH][CH][CH]1.[CH]1[CH][CH][CH][CH]1.[Fe+2]. The first-order chi connectivity index (χ1) is 12.0. The molecule has 0 aromatic heterocycles. The van der Waals surface area contributed by atoms with E-state index in [1.807, 2.05) is 32.1 Å². The number of hydrogen-bond acceptors (Lipinski definition) is 4. The van der Waals surface area contributed by atoms with Gasteiger partial charge in [-0.1, -0.05) is 0 Å². The molecule has 0 atom stereocenters. The van der Waals surface area contributed by atoms with Gasteiger partial charge in [0.25, 0.3) is 10.5 Å². The molecule has 1 aromatic carbocycles. The van der Waals surface area contributed by atoms with Crippen molar-refractivity contribution in [2.75, 3.05) is 0 Å². The third-order valence-electron chi connectivity index (χ3n) is 3.02. The van der Waals surface area contributed by atoms with Gasteiger partial charge in [0.2, 0.25) is 0 Å². The summed E-state index contributed by atoms with van der Waals surface area (Å²) in [6.07, 6.45) is 16.5. The van der Waals surface area contributed by atoms with E-state index in [1.165, 1.54) is 18.2 Å². The molecule has 132 valence electrons. The molecule has 0 unspecified atom stereocenters. The largest absolute Gasteiger partial charge is 2.00 e. The summed E-state index contributed by atoms with van der Waals surface area (Å²) >= 11 is 10.7. The first kappa shape index (κ1) is 23.2. The average Bonchev–Trinajstić information content (AvgIpc) is 3.30. The standard InChI is InChI=1S/C14H7Cl2O4.C5H5.Fe/c15-12(17)9-5-10(13(16)18)7-11(6-9)20-14(19)8-3-1-2-4-8;1-2-4-5-3-1;/h1-7H;1-5H;/q;;+2. The summed E-state index contributed by atoms with van der Waals surface area (Å²) in [6, 6.07) is 3.75. The van der Waals surface area contributed by atoms with E-state index in [9.17, 15) is 14.4 Å². The van der Waals surface area contributed by atoms with Crippen LogP contribution in [0.25, 0.3) is 0 Å². The molecule has 0 aliphatic heterocycles. The number of ether oxygens (including phenoxy) is 1. The van der Waals surface area contributed by atoms with Gasteiger partial charge in [0.1, 0.15) is 5.75 Å². The van der Waals surface area contributed by atoms with Crippen molar-refractivity contribution >= 4 is 39.7 Å². The molecule has 3 rings (SSSR count). The van der Waals surface area contributed by atoms with Crippen LogP contribution in [-0.2, 0) is 21.9 Å². The smallest absolute Gasteiger partial charge is 0.426 e. The topological polar surface area (TPSA) is 60.4 Å². The quantitative estimate of drug-likeness (QED) is 0.315. The van der Waals surface area contributed by atoms with E-state index in [1.54, 1.807) is 25.7 Å². The molecule has 0 bridgehead atoms. The minimum atomic E-state index is -0.782. The molecule has 0 spiro atoms. The Hall–Kier alpha value is -0.871. The van der Waals surface area contributed by atoms with Gasteiger partial charge in [0.05, 0.1) is 5.92 Å². The number of halogens is 2. The molecule has 0 heterocycles. The van der Waals surface area contributed by atoms with Crippen molar-refractivity contribution < 1.29 is 36.2 Å². The first-order valence-corrected chi connectivity index (χ1v) is 7.88. The summed E-state index contributed by atoms with van der Waals surface area (Å²) in [6.45, 7) is 0. The summed E-state index contributed by atoms with van der Waals surface area (Å²) in [5, 5.41) is -1.56. The monoisotopic (exact) mass is 430 g/mol. The number of carbonyl (C=O) groups excluding carboxylic acids is 3. The minimum absolute atomic E-state index is 0. The first-order valence-electron chi connectivity index (χ1n) is 7.12. The van der Waals surface area contributed by atoms with Gasteiger partial charge in [-0.25, -0.2) is 0 Å². The van der Waals surface area contributed by atoms with Gasteiger partial charge >= 0.3 is 23.0 Å². The fourth-order valence-corrected chi connectivity index (χ4v) is 2.10. The van der Waals surface area contributed by atoms with E-state index in [0.29, 0.717) is 5.92 Å². The van der Waals surface area contributed by atoms with Crippen molar-refractivity contribution in [3.63, 3.8) is 0 Å². The van der Waals surface area contributed by atoms with E-state index in [4.69, 9.17) is 27.9 Å². The Morgan fingerprint density at radius 3 is 1.50 bits per heavy atom. The van der Waals surface area contributed by atoms with Gasteiger partial charge in [-0.15, -0.1) is 0 Å². The molecule has 2 saturated carbocycles. The molecule has 4 nitrogen and oxygen atoms in total. The fourth-order valence-electron chi connectivity index (χ4n) is 1.88. The van der Waals surface area contributed by atoms with Crippen molar-refractivity contribution in [1.29, 1.82) is 0 Å². The van der Waals surface area contributed by atoms with Gasteiger partial charge in [-0.3, -0.25) is 14.4 Å². The fraction of sp³-hybridized carbons (Fsp3) is 0. The molecular formula is C19H12Cl2FeO4+2. The van der Waals surface area contributed by atoms with Crippen LogP contribution < -0.4 is 4.74 Å². The van der Waals surface area contributed by atoms with Crippen LogP contribution in [0.3, 0.4) is 0 Å². The van der Waals surface area contributed by atoms with Crippen LogP contribution in [0.1, 0.15) is 20.7 Å². The predicted octanol–water partition coefficient (Wildman–Crippen LogP) is 3.77. The van der Waals surface area contributed by atoms with Crippen LogP contribution in [0, 0.1) is 63.7 Å². The van der Waals surface area contributed by atoms with Gasteiger partial charge < -0.3 is 4.74 Å². The Bertz CT molecular complexity index is 599. The number of benzene rings is 1. The van der Waals surface area contributed by atoms with Crippen LogP contribution in [0.2, 0.25) is 0 Å². The zero-order valence-electron chi connectivity index (χ0n) is 13.2. The second-order valence-corrected chi connectivity index (χ2v) is 5.51. The second kappa shape index (κ2) is 11.8. The normalized spacial score (nSPS) is 16.2. The average molecular weight is 431 g/mol. The van der Waals surface area contributed by atoms with Crippen LogP contribution in [0.5, 0.6) is 5.75 Å². The van der Waals surface area contributed by atoms with Crippen LogP contribution in [-0.4, -0.2) is 16.5 Å². The zero-order valence-corrected chi connectivity index (χ0v) is 15.8. The Kier molecular flexibility index (Phi) is 10.5. The molecule has 2 aliphatic rings. The van der Waals surface area contributed by atoms with E-state index in [0.717, 1.165) is 0 Å². The molecule has 7 heteroatoms. The van der Waals surface area contributed by atoms with Gasteiger partial charge in [0, 0.05) is 11.1 Å².